The maximum Gasteiger partial charge on any atom is 0.272 e. The zero-order chi connectivity index (χ0) is 15.6. The number of benzene rings is 1. The number of methoxy groups -OCH3 is 2. The summed E-state index contributed by atoms with van der Waals surface area (Å²) < 4.78 is 11.8. The second kappa shape index (κ2) is 6.28. The Morgan fingerprint density at radius 1 is 1.19 bits per heavy atom. The van der Waals surface area contributed by atoms with Gasteiger partial charge in [0.25, 0.3) is 5.91 Å². The Morgan fingerprint density at radius 3 is 2.43 bits per heavy atom. The van der Waals surface area contributed by atoms with E-state index in [1.165, 1.54) is 17.7 Å². The van der Waals surface area contributed by atoms with Crippen molar-refractivity contribution in [3.63, 3.8) is 0 Å². The van der Waals surface area contributed by atoms with Gasteiger partial charge in [-0.2, -0.15) is 0 Å². The molecule has 0 aliphatic heterocycles. The zero-order valence-corrected chi connectivity index (χ0v) is 13.2. The first kappa shape index (κ1) is 15.5. The number of nitrogens with one attached hydrogen (secondary N) is 1. The van der Waals surface area contributed by atoms with Gasteiger partial charge >= 0.3 is 0 Å². The average Bonchev–Trinajstić information content (AvgIpc) is 2.75. The molecule has 1 amide bonds. The highest BCUT2D eigenvalue weighted by Gasteiger charge is 2.17. The molecule has 0 spiro atoms. The maximum atomic E-state index is 12.3. The standard InChI is InChI=1S/C14H14Cl2N2O3/c1-18-11(7-9(15)13(18)16)14(19)17-10-5-4-8(20-2)6-12(10)21-3/h4-7H,1-3H3,(H,17,19). The molecule has 0 saturated heterocycles. The summed E-state index contributed by atoms with van der Waals surface area (Å²) in [6.07, 6.45) is 0. The van der Waals surface area contributed by atoms with Gasteiger partial charge in [0, 0.05) is 13.1 Å². The molecule has 5 nitrogen and oxygen atoms in total. The van der Waals surface area contributed by atoms with Gasteiger partial charge in [0.1, 0.15) is 22.3 Å². The summed E-state index contributed by atoms with van der Waals surface area (Å²) in [5, 5.41) is 3.39. The first-order valence-electron chi connectivity index (χ1n) is 6.02. The van der Waals surface area contributed by atoms with E-state index in [1.54, 1.807) is 32.4 Å². The molecular formula is C14H14Cl2N2O3. The number of ether oxygens (including phenoxy) is 2. The molecule has 2 aromatic rings. The highest BCUT2D eigenvalue weighted by molar-refractivity contribution is 6.42. The lowest BCUT2D eigenvalue weighted by molar-refractivity contribution is 0.101. The van der Waals surface area contributed by atoms with Crippen molar-refractivity contribution in [2.24, 2.45) is 7.05 Å². The Hall–Kier alpha value is -1.85. The predicted octanol–water partition coefficient (Wildman–Crippen LogP) is 3.60. The third kappa shape index (κ3) is 3.09. The van der Waals surface area contributed by atoms with E-state index in [0.29, 0.717) is 33.1 Å². The number of aromatic nitrogens is 1. The second-order valence-electron chi connectivity index (χ2n) is 4.25. The molecule has 0 fully saturated rings. The molecule has 0 radical (unpaired) electrons. The monoisotopic (exact) mass is 328 g/mol. The van der Waals surface area contributed by atoms with Crippen LogP contribution in [0.25, 0.3) is 0 Å². The number of hydrogen-bond donors (Lipinski definition) is 1. The minimum atomic E-state index is -0.338. The highest BCUT2D eigenvalue weighted by atomic mass is 35.5. The van der Waals surface area contributed by atoms with Gasteiger partial charge < -0.3 is 19.4 Å². The SMILES string of the molecule is COc1ccc(NC(=O)c2cc(Cl)c(Cl)n2C)c(OC)c1. The van der Waals surface area contributed by atoms with Gasteiger partial charge in [0.05, 0.1) is 24.9 Å². The fourth-order valence-electron chi connectivity index (χ4n) is 1.85. The Kier molecular flexibility index (Phi) is 4.65. The number of carbonyl (C=O) groups excluding carboxylic acids is 1. The van der Waals surface area contributed by atoms with Gasteiger partial charge in [-0.25, -0.2) is 0 Å². The van der Waals surface area contributed by atoms with Gasteiger partial charge in [-0.3, -0.25) is 4.79 Å². The lowest BCUT2D eigenvalue weighted by Crippen LogP contribution is -2.16. The van der Waals surface area contributed by atoms with Crippen LogP contribution in [0, 0.1) is 0 Å². The normalized spacial score (nSPS) is 10.3. The molecule has 1 aromatic carbocycles. The third-order valence-corrected chi connectivity index (χ3v) is 3.85. The number of amides is 1. The summed E-state index contributed by atoms with van der Waals surface area (Å²) >= 11 is 11.9. The Bertz CT molecular complexity index is 683. The van der Waals surface area contributed by atoms with Gasteiger partial charge in [-0.05, 0) is 18.2 Å². The van der Waals surface area contributed by atoms with E-state index < -0.39 is 0 Å². The lowest BCUT2D eigenvalue weighted by atomic mass is 10.2. The van der Waals surface area contributed by atoms with E-state index in [4.69, 9.17) is 32.7 Å². The van der Waals surface area contributed by atoms with Gasteiger partial charge in [-0.1, -0.05) is 23.2 Å². The number of nitrogens with zero attached hydrogens (tertiary/aromatic N) is 1. The number of carbonyl (C=O) groups is 1. The van der Waals surface area contributed by atoms with Crippen LogP contribution in [0.3, 0.4) is 0 Å². The van der Waals surface area contributed by atoms with Crippen molar-refractivity contribution in [3.05, 3.63) is 40.1 Å². The molecule has 1 N–H and O–H groups in total. The lowest BCUT2D eigenvalue weighted by Gasteiger charge is -2.12. The molecule has 1 heterocycles. The number of anilines is 1. The Labute approximate surface area is 132 Å². The van der Waals surface area contributed by atoms with Crippen LogP contribution in [0.15, 0.2) is 24.3 Å². The highest BCUT2D eigenvalue weighted by Crippen LogP contribution is 2.30. The molecule has 0 aliphatic carbocycles. The average molecular weight is 329 g/mol. The van der Waals surface area contributed by atoms with Crippen LogP contribution in [0.4, 0.5) is 5.69 Å². The molecule has 2 rings (SSSR count). The van der Waals surface area contributed by atoms with Crippen LogP contribution in [0.1, 0.15) is 10.5 Å². The molecule has 0 unspecified atom stereocenters. The fraction of sp³-hybridized carbons (Fsp3) is 0.214. The van der Waals surface area contributed by atoms with Crippen LogP contribution >= 0.6 is 23.2 Å². The van der Waals surface area contributed by atoms with Gasteiger partial charge in [0.15, 0.2) is 0 Å². The van der Waals surface area contributed by atoms with E-state index in [1.807, 2.05) is 0 Å². The summed E-state index contributed by atoms with van der Waals surface area (Å²) in [7, 11) is 4.73. The van der Waals surface area contributed by atoms with Crippen LogP contribution in [-0.4, -0.2) is 24.7 Å². The Balaban J connectivity index is 2.29. The molecule has 0 saturated carbocycles. The topological polar surface area (TPSA) is 52.5 Å². The summed E-state index contributed by atoms with van der Waals surface area (Å²) in [6.45, 7) is 0. The van der Waals surface area contributed by atoms with E-state index >= 15 is 0 Å². The van der Waals surface area contributed by atoms with Crippen LogP contribution in [-0.2, 0) is 7.05 Å². The summed E-state index contributed by atoms with van der Waals surface area (Å²) in [6, 6.07) is 6.61. The van der Waals surface area contributed by atoms with Crippen molar-refractivity contribution in [1.82, 2.24) is 4.57 Å². The van der Waals surface area contributed by atoms with Crippen molar-refractivity contribution in [2.75, 3.05) is 19.5 Å². The predicted molar refractivity (Wildman–Crippen MR) is 82.9 cm³/mol. The maximum absolute atomic E-state index is 12.3. The van der Waals surface area contributed by atoms with Crippen molar-refractivity contribution in [1.29, 1.82) is 0 Å². The summed E-state index contributed by atoms with van der Waals surface area (Å²) in [5.74, 6) is 0.790. The minimum Gasteiger partial charge on any atom is -0.497 e. The number of halogens is 2. The van der Waals surface area contributed by atoms with E-state index in [-0.39, 0.29) is 5.91 Å². The second-order valence-corrected chi connectivity index (χ2v) is 5.01. The van der Waals surface area contributed by atoms with Crippen LogP contribution < -0.4 is 14.8 Å². The van der Waals surface area contributed by atoms with Crippen molar-refractivity contribution in [2.45, 2.75) is 0 Å². The number of rotatable bonds is 4. The molecule has 7 heteroatoms. The molecule has 1 aromatic heterocycles. The molecule has 21 heavy (non-hydrogen) atoms. The number of hydrogen-bond acceptors (Lipinski definition) is 3. The molecular weight excluding hydrogens is 315 g/mol. The van der Waals surface area contributed by atoms with E-state index in [0.717, 1.165) is 0 Å². The minimum absolute atomic E-state index is 0.309. The fourth-order valence-corrected chi connectivity index (χ4v) is 2.22. The summed E-state index contributed by atoms with van der Waals surface area (Å²) in [5.41, 5.74) is 0.875. The first-order valence-corrected chi connectivity index (χ1v) is 6.77. The van der Waals surface area contributed by atoms with Crippen molar-refractivity contribution in [3.8, 4) is 11.5 Å². The smallest absolute Gasteiger partial charge is 0.272 e. The van der Waals surface area contributed by atoms with E-state index in [2.05, 4.69) is 5.32 Å². The molecule has 0 atom stereocenters. The van der Waals surface area contributed by atoms with Gasteiger partial charge in [-0.15, -0.1) is 0 Å². The first-order chi connectivity index (χ1) is 9.97. The van der Waals surface area contributed by atoms with Gasteiger partial charge in [0.2, 0.25) is 0 Å². The largest absolute Gasteiger partial charge is 0.497 e. The summed E-state index contributed by atoms with van der Waals surface area (Å²) in [4.78, 5) is 12.3. The van der Waals surface area contributed by atoms with E-state index in [9.17, 15) is 4.79 Å². The molecule has 0 aliphatic rings. The zero-order valence-electron chi connectivity index (χ0n) is 11.7. The van der Waals surface area contributed by atoms with Crippen molar-refractivity contribution < 1.29 is 14.3 Å². The van der Waals surface area contributed by atoms with Crippen LogP contribution in [0.2, 0.25) is 10.2 Å². The molecule has 0 bridgehead atoms. The quantitative estimate of drug-likeness (QED) is 0.932. The third-order valence-electron chi connectivity index (χ3n) is 3.01. The van der Waals surface area contributed by atoms with Crippen LogP contribution in [0.5, 0.6) is 11.5 Å². The molecule has 112 valence electrons. The Morgan fingerprint density at radius 2 is 1.90 bits per heavy atom. The van der Waals surface area contributed by atoms with Crippen molar-refractivity contribution >= 4 is 34.8 Å².